The minimum absolute atomic E-state index is 0.712. The molecule has 170 valence electrons. The summed E-state index contributed by atoms with van der Waals surface area (Å²) in [7, 11) is 0. The van der Waals surface area contributed by atoms with Gasteiger partial charge in [-0.05, 0) is 22.8 Å². The summed E-state index contributed by atoms with van der Waals surface area (Å²) in [6.07, 6.45) is 14.9. The SMILES string of the molecule is C(=C\c1ccccc1)/Cn1cc(-c2cncc(-c3nc4[nH]cc(Cc5ccccc5)c4s3)c2)cn1. The number of benzene rings is 2. The third kappa shape index (κ3) is 4.69. The van der Waals surface area contributed by atoms with E-state index >= 15 is 0 Å². The minimum atomic E-state index is 0.712. The van der Waals surface area contributed by atoms with Crippen molar-refractivity contribution in [2.75, 3.05) is 0 Å². The van der Waals surface area contributed by atoms with Crippen molar-refractivity contribution < 1.29 is 0 Å². The van der Waals surface area contributed by atoms with Gasteiger partial charge in [0, 0.05) is 47.9 Å². The Morgan fingerprint density at radius 1 is 0.886 bits per heavy atom. The fraction of sp³-hybridized carbons (Fsp3) is 0.0690. The Hall–Kier alpha value is -4.29. The first kappa shape index (κ1) is 21.3. The van der Waals surface area contributed by atoms with Gasteiger partial charge in [-0.2, -0.15) is 5.10 Å². The Morgan fingerprint density at radius 3 is 2.54 bits per heavy atom. The van der Waals surface area contributed by atoms with Crippen molar-refractivity contribution in [2.45, 2.75) is 13.0 Å². The van der Waals surface area contributed by atoms with Gasteiger partial charge < -0.3 is 4.98 Å². The first-order valence-electron chi connectivity index (χ1n) is 11.5. The summed E-state index contributed by atoms with van der Waals surface area (Å²) in [5.41, 5.74) is 7.76. The number of fused-ring (bicyclic) bond motifs is 1. The molecule has 0 spiro atoms. The maximum atomic E-state index is 4.85. The highest BCUT2D eigenvalue weighted by molar-refractivity contribution is 7.21. The van der Waals surface area contributed by atoms with Gasteiger partial charge in [-0.1, -0.05) is 72.8 Å². The first-order valence-corrected chi connectivity index (χ1v) is 12.3. The normalized spacial score (nSPS) is 11.5. The van der Waals surface area contributed by atoms with E-state index in [2.05, 4.69) is 82.1 Å². The summed E-state index contributed by atoms with van der Waals surface area (Å²) in [6, 6.07) is 23.0. The average Bonchev–Trinajstić information content (AvgIpc) is 3.63. The Bertz CT molecular complexity index is 1590. The second-order valence-electron chi connectivity index (χ2n) is 8.40. The van der Waals surface area contributed by atoms with Gasteiger partial charge in [0.25, 0.3) is 0 Å². The first-order chi connectivity index (χ1) is 17.3. The maximum Gasteiger partial charge on any atom is 0.149 e. The van der Waals surface area contributed by atoms with Crippen molar-refractivity contribution in [3.05, 3.63) is 120 Å². The van der Waals surface area contributed by atoms with Gasteiger partial charge in [0.05, 0.1) is 17.4 Å². The number of aromatic amines is 1. The molecule has 0 radical (unpaired) electrons. The second kappa shape index (κ2) is 9.52. The number of nitrogens with one attached hydrogen (secondary N) is 1. The van der Waals surface area contributed by atoms with E-state index in [1.54, 1.807) is 11.3 Å². The van der Waals surface area contributed by atoms with Crippen LogP contribution < -0.4 is 0 Å². The van der Waals surface area contributed by atoms with Gasteiger partial charge in [-0.3, -0.25) is 9.67 Å². The van der Waals surface area contributed by atoms with E-state index in [0.29, 0.717) is 6.54 Å². The number of hydrogen-bond donors (Lipinski definition) is 1. The van der Waals surface area contributed by atoms with Gasteiger partial charge in [0.2, 0.25) is 0 Å². The lowest BCUT2D eigenvalue weighted by Gasteiger charge is -2.01. The zero-order valence-corrected chi connectivity index (χ0v) is 19.8. The summed E-state index contributed by atoms with van der Waals surface area (Å²) in [6.45, 7) is 0.712. The Kier molecular flexibility index (Phi) is 5.78. The molecule has 35 heavy (non-hydrogen) atoms. The molecule has 0 aliphatic carbocycles. The summed E-state index contributed by atoms with van der Waals surface area (Å²) in [5.74, 6) is 0. The predicted octanol–water partition coefficient (Wildman–Crippen LogP) is 6.85. The molecular formula is C29H23N5S. The number of aromatic nitrogens is 5. The molecule has 0 bridgehead atoms. The molecule has 6 aromatic rings. The van der Waals surface area contributed by atoms with Crippen LogP contribution in [0.4, 0.5) is 0 Å². The van der Waals surface area contributed by atoms with Crippen LogP contribution in [-0.4, -0.2) is 24.7 Å². The van der Waals surface area contributed by atoms with Crippen molar-refractivity contribution in [2.24, 2.45) is 0 Å². The molecule has 2 aromatic carbocycles. The number of thiazole rings is 1. The van der Waals surface area contributed by atoms with Crippen LogP contribution >= 0.6 is 11.3 Å². The molecule has 0 aliphatic rings. The topological polar surface area (TPSA) is 59.4 Å². The van der Waals surface area contributed by atoms with Crippen molar-refractivity contribution in [3.8, 4) is 21.7 Å². The van der Waals surface area contributed by atoms with Gasteiger partial charge in [0.15, 0.2) is 0 Å². The highest BCUT2D eigenvalue weighted by Crippen LogP contribution is 2.34. The van der Waals surface area contributed by atoms with E-state index in [1.165, 1.54) is 21.4 Å². The van der Waals surface area contributed by atoms with Crippen LogP contribution in [0.1, 0.15) is 16.7 Å². The Balaban J connectivity index is 1.21. The summed E-state index contributed by atoms with van der Waals surface area (Å²) in [5, 5.41) is 5.49. The highest BCUT2D eigenvalue weighted by Gasteiger charge is 2.13. The molecule has 0 unspecified atom stereocenters. The van der Waals surface area contributed by atoms with Crippen molar-refractivity contribution >= 4 is 27.8 Å². The molecule has 6 heteroatoms. The van der Waals surface area contributed by atoms with Crippen molar-refractivity contribution in [1.29, 1.82) is 0 Å². The molecule has 0 atom stereocenters. The summed E-state index contributed by atoms with van der Waals surface area (Å²) >= 11 is 1.71. The number of nitrogens with zero attached hydrogens (tertiary/aromatic N) is 4. The lowest BCUT2D eigenvalue weighted by atomic mass is 10.1. The third-order valence-corrected chi connectivity index (χ3v) is 7.07. The number of allylic oxidation sites excluding steroid dienone is 1. The fourth-order valence-corrected chi connectivity index (χ4v) is 5.14. The molecule has 0 saturated heterocycles. The molecule has 0 aliphatic heterocycles. The minimum Gasteiger partial charge on any atom is -0.345 e. The van der Waals surface area contributed by atoms with E-state index in [1.807, 2.05) is 47.5 Å². The molecule has 0 amide bonds. The molecule has 0 fully saturated rings. The Labute approximate surface area is 207 Å². The number of hydrogen-bond acceptors (Lipinski definition) is 4. The van der Waals surface area contributed by atoms with E-state index in [9.17, 15) is 0 Å². The molecule has 4 heterocycles. The van der Waals surface area contributed by atoms with Gasteiger partial charge >= 0.3 is 0 Å². The van der Waals surface area contributed by atoms with E-state index in [4.69, 9.17) is 4.98 Å². The Morgan fingerprint density at radius 2 is 1.69 bits per heavy atom. The van der Waals surface area contributed by atoms with Crippen LogP contribution in [0, 0.1) is 0 Å². The van der Waals surface area contributed by atoms with Gasteiger partial charge in [-0.25, -0.2) is 4.98 Å². The molecule has 4 aromatic heterocycles. The lowest BCUT2D eigenvalue weighted by Crippen LogP contribution is -1.94. The molecular weight excluding hydrogens is 450 g/mol. The lowest BCUT2D eigenvalue weighted by molar-refractivity contribution is 0.703. The van der Waals surface area contributed by atoms with Crippen LogP contribution in [-0.2, 0) is 13.0 Å². The van der Waals surface area contributed by atoms with Gasteiger partial charge in [-0.15, -0.1) is 11.3 Å². The van der Waals surface area contributed by atoms with Crippen molar-refractivity contribution in [1.82, 2.24) is 24.7 Å². The predicted molar refractivity (Wildman–Crippen MR) is 143 cm³/mol. The summed E-state index contributed by atoms with van der Waals surface area (Å²) < 4.78 is 3.14. The number of pyridine rings is 1. The monoisotopic (exact) mass is 473 g/mol. The van der Waals surface area contributed by atoms with E-state index in [0.717, 1.165) is 33.8 Å². The second-order valence-corrected chi connectivity index (χ2v) is 9.40. The molecule has 5 nitrogen and oxygen atoms in total. The van der Waals surface area contributed by atoms with Gasteiger partial charge in [0.1, 0.15) is 10.7 Å². The summed E-state index contributed by atoms with van der Waals surface area (Å²) in [4.78, 5) is 12.7. The number of rotatable bonds is 7. The largest absolute Gasteiger partial charge is 0.345 e. The maximum absolute atomic E-state index is 4.85. The van der Waals surface area contributed by atoms with Crippen LogP contribution in [0.5, 0.6) is 0 Å². The van der Waals surface area contributed by atoms with E-state index in [-0.39, 0.29) is 0 Å². The quantitative estimate of drug-likeness (QED) is 0.276. The van der Waals surface area contributed by atoms with Crippen LogP contribution in [0.3, 0.4) is 0 Å². The fourth-order valence-electron chi connectivity index (χ4n) is 4.12. The third-order valence-electron chi connectivity index (χ3n) is 5.89. The molecule has 6 rings (SSSR count). The van der Waals surface area contributed by atoms with Crippen LogP contribution in [0.2, 0.25) is 0 Å². The van der Waals surface area contributed by atoms with Crippen molar-refractivity contribution in [3.63, 3.8) is 0 Å². The average molecular weight is 474 g/mol. The zero-order valence-electron chi connectivity index (χ0n) is 19.0. The standard InChI is InChI=1S/C29H23N5S/c1-3-8-21(9-4-1)12-7-13-34-20-26(19-32-34)23-15-25(17-30-16-23)29-33-28-27(35-29)24(18-31-28)14-22-10-5-2-6-11-22/h1-12,15-20,31H,13-14H2/b12-7+. The smallest absolute Gasteiger partial charge is 0.149 e. The van der Waals surface area contributed by atoms with Crippen LogP contribution in [0.25, 0.3) is 38.1 Å². The number of H-pyrrole nitrogens is 1. The molecule has 0 saturated carbocycles. The molecule has 1 N–H and O–H groups in total. The van der Waals surface area contributed by atoms with Crippen LogP contribution in [0.15, 0.2) is 104 Å². The highest BCUT2D eigenvalue weighted by atomic mass is 32.1. The van der Waals surface area contributed by atoms with E-state index < -0.39 is 0 Å². The zero-order chi connectivity index (χ0) is 23.5.